The highest BCUT2D eigenvalue weighted by Gasteiger charge is 2.28. The molecule has 8 N–H and O–H groups in total. The summed E-state index contributed by atoms with van der Waals surface area (Å²) in [6.45, 7) is -1.17. The SMILES string of the molecule is NCC(=O)NC(Cc1ccc(O)cc1)C(=O)NC(CO)C(=O)NC(CS)C(=O)O. The third-order valence-corrected chi connectivity index (χ3v) is 4.19. The second-order valence-corrected chi connectivity index (χ2v) is 6.39. The quantitative estimate of drug-likeness (QED) is 0.175. The number of amides is 3. The molecule has 0 aliphatic rings. The Hall–Kier alpha value is -2.83. The van der Waals surface area contributed by atoms with Gasteiger partial charge in [0.1, 0.15) is 23.9 Å². The number of aliphatic carboxylic acids is 1. The molecule has 29 heavy (non-hydrogen) atoms. The summed E-state index contributed by atoms with van der Waals surface area (Å²) in [5.41, 5.74) is 5.87. The number of carbonyl (C=O) groups is 4. The number of hydrogen-bond acceptors (Lipinski definition) is 8. The zero-order chi connectivity index (χ0) is 22.0. The van der Waals surface area contributed by atoms with E-state index in [2.05, 4.69) is 28.6 Å². The molecule has 3 unspecified atom stereocenters. The number of nitrogens with one attached hydrogen (secondary N) is 3. The van der Waals surface area contributed by atoms with E-state index in [0.29, 0.717) is 5.56 Å². The molecule has 3 atom stereocenters. The van der Waals surface area contributed by atoms with Crippen LogP contribution < -0.4 is 21.7 Å². The number of aromatic hydroxyl groups is 1. The number of hydrogen-bond donors (Lipinski definition) is 8. The van der Waals surface area contributed by atoms with Crippen molar-refractivity contribution in [2.75, 3.05) is 18.9 Å². The summed E-state index contributed by atoms with van der Waals surface area (Å²) >= 11 is 3.82. The van der Waals surface area contributed by atoms with Crippen molar-refractivity contribution in [3.63, 3.8) is 0 Å². The predicted molar refractivity (Wildman–Crippen MR) is 105 cm³/mol. The second kappa shape index (κ2) is 11.9. The van der Waals surface area contributed by atoms with Crippen LogP contribution in [0.4, 0.5) is 0 Å². The number of carboxylic acids is 1. The number of carbonyl (C=O) groups excluding carboxylic acids is 3. The lowest BCUT2D eigenvalue weighted by atomic mass is 10.0. The number of aliphatic hydroxyl groups is 1. The largest absolute Gasteiger partial charge is 0.508 e. The molecule has 0 spiro atoms. The highest BCUT2D eigenvalue weighted by molar-refractivity contribution is 7.80. The topological polar surface area (TPSA) is 191 Å². The Bertz CT molecular complexity index is 729. The van der Waals surface area contributed by atoms with E-state index in [4.69, 9.17) is 10.8 Å². The van der Waals surface area contributed by atoms with Crippen molar-refractivity contribution in [3.05, 3.63) is 29.8 Å². The molecule has 0 aliphatic carbocycles. The molecular weight excluding hydrogens is 404 g/mol. The normalized spacial score (nSPS) is 13.6. The van der Waals surface area contributed by atoms with E-state index in [1.165, 1.54) is 12.1 Å². The maximum atomic E-state index is 12.6. The summed E-state index contributed by atoms with van der Waals surface area (Å²) < 4.78 is 0. The average molecular weight is 428 g/mol. The van der Waals surface area contributed by atoms with Crippen LogP contribution in [0.25, 0.3) is 0 Å². The van der Waals surface area contributed by atoms with Crippen LogP contribution in [0.15, 0.2) is 24.3 Å². The van der Waals surface area contributed by atoms with Gasteiger partial charge in [0.05, 0.1) is 13.2 Å². The van der Waals surface area contributed by atoms with E-state index >= 15 is 0 Å². The van der Waals surface area contributed by atoms with Gasteiger partial charge in [-0.25, -0.2) is 4.79 Å². The summed E-state index contributed by atoms with van der Waals surface area (Å²) in [4.78, 5) is 47.4. The Morgan fingerprint density at radius 3 is 2.00 bits per heavy atom. The minimum absolute atomic E-state index is 0.0199. The van der Waals surface area contributed by atoms with Crippen LogP contribution in [0, 0.1) is 0 Å². The summed E-state index contributed by atoms with van der Waals surface area (Å²) in [7, 11) is 0. The highest BCUT2D eigenvalue weighted by Crippen LogP contribution is 2.11. The fourth-order valence-corrected chi connectivity index (χ4v) is 2.50. The molecule has 0 aliphatic heterocycles. The zero-order valence-electron chi connectivity index (χ0n) is 15.4. The number of phenolic OH excluding ortho intramolecular Hbond substituents is 1. The van der Waals surface area contributed by atoms with Gasteiger partial charge in [0, 0.05) is 12.2 Å². The smallest absolute Gasteiger partial charge is 0.327 e. The number of phenols is 1. The molecule has 0 saturated heterocycles. The molecule has 1 aromatic carbocycles. The summed E-state index contributed by atoms with van der Waals surface area (Å²) in [5, 5.41) is 34.6. The van der Waals surface area contributed by atoms with Crippen LogP contribution >= 0.6 is 12.6 Å². The van der Waals surface area contributed by atoms with Gasteiger partial charge in [0.25, 0.3) is 0 Å². The van der Waals surface area contributed by atoms with Crippen LogP contribution in [0.5, 0.6) is 5.75 Å². The van der Waals surface area contributed by atoms with Crippen LogP contribution in [-0.4, -0.2) is 76.0 Å². The molecule has 11 nitrogen and oxygen atoms in total. The Kier molecular flexibility index (Phi) is 9.92. The standard InChI is InChI=1S/C17H24N4O7S/c18-6-14(24)19-11(5-9-1-3-10(23)4-2-9)15(25)20-12(7-22)16(26)21-13(8-29)17(27)28/h1-4,11-13,22-23,29H,5-8,18H2,(H,19,24)(H,20,25)(H,21,26)(H,27,28). The van der Waals surface area contributed by atoms with E-state index in [1.54, 1.807) is 12.1 Å². The van der Waals surface area contributed by atoms with Crippen LogP contribution in [0.1, 0.15) is 5.56 Å². The maximum absolute atomic E-state index is 12.6. The molecule has 1 aromatic rings. The summed E-state index contributed by atoms with van der Waals surface area (Å²) in [6.07, 6.45) is 0.0199. The van der Waals surface area contributed by atoms with Gasteiger partial charge in [-0.05, 0) is 17.7 Å². The lowest BCUT2D eigenvalue weighted by Gasteiger charge is -2.23. The van der Waals surface area contributed by atoms with Crippen molar-refractivity contribution in [3.8, 4) is 5.75 Å². The van der Waals surface area contributed by atoms with Crippen molar-refractivity contribution in [2.24, 2.45) is 5.73 Å². The first kappa shape index (κ1) is 24.2. The van der Waals surface area contributed by atoms with Crippen LogP contribution in [0.2, 0.25) is 0 Å². The van der Waals surface area contributed by atoms with Gasteiger partial charge < -0.3 is 37.0 Å². The molecule has 160 valence electrons. The van der Waals surface area contributed by atoms with Gasteiger partial charge in [-0.1, -0.05) is 12.1 Å². The molecule has 0 radical (unpaired) electrons. The van der Waals surface area contributed by atoms with Gasteiger partial charge >= 0.3 is 5.97 Å². The molecule has 0 saturated carbocycles. The first-order valence-electron chi connectivity index (χ1n) is 8.54. The molecule has 12 heteroatoms. The lowest BCUT2D eigenvalue weighted by Crippen LogP contribution is -2.58. The molecule has 3 amide bonds. The van der Waals surface area contributed by atoms with Crippen molar-refractivity contribution < 1.29 is 34.5 Å². The monoisotopic (exact) mass is 428 g/mol. The number of aliphatic hydroxyl groups excluding tert-OH is 1. The number of rotatable bonds is 11. The number of carboxylic acid groups (broad SMARTS) is 1. The second-order valence-electron chi connectivity index (χ2n) is 6.02. The van der Waals surface area contributed by atoms with Crippen LogP contribution in [-0.2, 0) is 25.6 Å². The first-order chi connectivity index (χ1) is 13.7. The molecule has 1 rings (SSSR count). The van der Waals surface area contributed by atoms with Gasteiger partial charge in [0.2, 0.25) is 17.7 Å². The molecular formula is C17H24N4O7S. The van der Waals surface area contributed by atoms with Gasteiger partial charge in [-0.3, -0.25) is 14.4 Å². The van der Waals surface area contributed by atoms with E-state index < -0.39 is 48.4 Å². The molecule has 0 fully saturated rings. The summed E-state index contributed by atoms with van der Waals surface area (Å²) in [5.74, 6) is -3.81. The highest BCUT2D eigenvalue weighted by atomic mass is 32.1. The van der Waals surface area contributed by atoms with E-state index in [-0.39, 0.29) is 24.5 Å². The van der Waals surface area contributed by atoms with Crippen LogP contribution in [0.3, 0.4) is 0 Å². The lowest BCUT2D eigenvalue weighted by molar-refractivity contribution is -0.141. The fraction of sp³-hybridized carbons (Fsp3) is 0.412. The van der Waals surface area contributed by atoms with E-state index in [9.17, 15) is 29.4 Å². The third kappa shape index (κ3) is 7.97. The fourth-order valence-electron chi connectivity index (χ4n) is 2.25. The maximum Gasteiger partial charge on any atom is 0.327 e. The van der Waals surface area contributed by atoms with Crippen molar-refractivity contribution in [1.29, 1.82) is 0 Å². The summed E-state index contributed by atoms with van der Waals surface area (Å²) in [6, 6.07) is 2.03. The van der Waals surface area contributed by atoms with Crippen molar-refractivity contribution in [2.45, 2.75) is 24.5 Å². The number of nitrogens with two attached hydrogens (primary N) is 1. The van der Waals surface area contributed by atoms with Gasteiger partial charge in [-0.2, -0.15) is 12.6 Å². The Labute approximate surface area is 172 Å². The third-order valence-electron chi connectivity index (χ3n) is 3.83. The van der Waals surface area contributed by atoms with Crippen molar-refractivity contribution in [1.82, 2.24) is 16.0 Å². The van der Waals surface area contributed by atoms with E-state index in [1.807, 2.05) is 0 Å². The molecule has 0 aromatic heterocycles. The Balaban J connectivity index is 2.89. The Morgan fingerprint density at radius 1 is 0.966 bits per heavy atom. The number of thiol groups is 1. The zero-order valence-corrected chi connectivity index (χ0v) is 16.3. The number of benzene rings is 1. The average Bonchev–Trinajstić information content (AvgIpc) is 2.70. The van der Waals surface area contributed by atoms with E-state index in [0.717, 1.165) is 0 Å². The van der Waals surface area contributed by atoms with Crippen molar-refractivity contribution >= 4 is 36.3 Å². The Morgan fingerprint density at radius 2 is 1.52 bits per heavy atom. The molecule has 0 bridgehead atoms. The first-order valence-corrected chi connectivity index (χ1v) is 9.17. The molecule has 0 heterocycles. The van der Waals surface area contributed by atoms with Gasteiger partial charge in [-0.15, -0.1) is 0 Å². The predicted octanol–water partition coefficient (Wildman–Crippen LogP) is -2.65. The minimum atomic E-state index is -1.44. The van der Waals surface area contributed by atoms with Gasteiger partial charge in [0.15, 0.2) is 0 Å². The minimum Gasteiger partial charge on any atom is -0.508 e.